The zero-order valence-corrected chi connectivity index (χ0v) is 14.6. The molecule has 1 N–H and O–H groups in total. The van der Waals surface area contributed by atoms with Gasteiger partial charge >= 0.3 is 5.97 Å². The number of rotatable bonds is 3. The van der Waals surface area contributed by atoms with E-state index in [-0.39, 0.29) is 27.2 Å². The Kier molecular flexibility index (Phi) is 3.87. The number of hydrogen-bond donors (Lipinski definition) is 1. The quantitative estimate of drug-likeness (QED) is 0.773. The average molecular weight is 362 g/mol. The second-order valence-corrected chi connectivity index (χ2v) is 7.58. The van der Waals surface area contributed by atoms with Gasteiger partial charge in [0.1, 0.15) is 11.5 Å². The second-order valence-electron chi connectivity index (χ2n) is 5.79. The highest BCUT2D eigenvalue weighted by molar-refractivity contribution is 7.90. The fourth-order valence-electron chi connectivity index (χ4n) is 2.67. The van der Waals surface area contributed by atoms with E-state index in [0.29, 0.717) is 3.97 Å². The van der Waals surface area contributed by atoms with Crippen LogP contribution in [0.2, 0.25) is 0 Å². The minimum absolute atomic E-state index is 0.000366. The summed E-state index contributed by atoms with van der Waals surface area (Å²) in [6.45, 7) is 4.67. The molecular weight excluding hydrogens is 347 g/mol. The van der Waals surface area contributed by atoms with Gasteiger partial charge in [-0.3, -0.25) is 0 Å². The number of pyridine rings is 1. The Hall–Kier alpha value is -2.74. The molecule has 2 aromatic heterocycles. The smallest absolute Gasteiger partial charge is 0.353 e. The maximum absolute atomic E-state index is 14.1. The van der Waals surface area contributed by atoms with Crippen LogP contribution in [0.4, 0.5) is 4.39 Å². The fourth-order valence-corrected chi connectivity index (χ4v) is 4.12. The van der Waals surface area contributed by atoms with E-state index in [0.717, 1.165) is 11.6 Å². The van der Waals surface area contributed by atoms with Crippen LogP contribution in [0, 0.1) is 26.6 Å². The van der Waals surface area contributed by atoms with Gasteiger partial charge in [0.05, 0.1) is 10.6 Å². The van der Waals surface area contributed by atoms with Crippen LogP contribution >= 0.6 is 0 Å². The highest BCUT2D eigenvalue weighted by atomic mass is 32.2. The highest BCUT2D eigenvalue weighted by Crippen LogP contribution is 2.29. The Morgan fingerprint density at radius 3 is 2.32 bits per heavy atom. The van der Waals surface area contributed by atoms with Gasteiger partial charge in [-0.25, -0.2) is 26.6 Å². The molecule has 0 aliphatic rings. The summed E-state index contributed by atoms with van der Waals surface area (Å²) >= 11 is 0. The number of fused-ring (bicyclic) bond motifs is 1. The number of aromatic carboxylic acids is 1. The van der Waals surface area contributed by atoms with Crippen LogP contribution in [0.25, 0.3) is 11.0 Å². The Balaban J connectivity index is 2.44. The van der Waals surface area contributed by atoms with Crippen LogP contribution in [0.1, 0.15) is 27.3 Å². The van der Waals surface area contributed by atoms with Crippen molar-refractivity contribution in [1.29, 1.82) is 0 Å². The number of aryl methyl sites for hydroxylation is 3. The molecule has 0 saturated carbocycles. The average Bonchev–Trinajstić information content (AvgIpc) is 2.93. The lowest BCUT2D eigenvalue weighted by molar-refractivity contribution is 0.0689. The number of nitrogens with zero attached hydrogens (tertiary/aromatic N) is 2. The monoisotopic (exact) mass is 362 g/mol. The van der Waals surface area contributed by atoms with Gasteiger partial charge in [0, 0.05) is 5.39 Å². The van der Waals surface area contributed by atoms with E-state index < -0.39 is 27.5 Å². The van der Waals surface area contributed by atoms with Crippen molar-refractivity contribution in [3.05, 3.63) is 58.7 Å². The van der Waals surface area contributed by atoms with E-state index in [2.05, 4.69) is 4.98 Å². The molecule has 0 saturated heterocycles. The van der Waals surface area contributed by atoms with Gasteiger partial charge in [-0.2, -0.15) is 0 Å². The topological polar surface area (TPSA) is 89.3 Å². The van der Waals surface area contributed by atoms with Crippen LogP contribution < -0.4 is 0 Å². The van der Waals surface area contributed by atoms with Gasteiger partial charge in [0.25, 0.3) is 10.0 Å². The zero-order valence-electron chi connectivity index (χ0n) is 13.7. The van der Waals surface area contributed by atoms with Crippen molar-refractivity contribution < 1.29 is 22.7 Å². The lowest BCUT2D eigenvalue weighted by Gasteiger charge is -2.10. The third-order valence-corrected chi connectivity index (χ3v) is 5.75. The standard InChI is InChI=1S/C17H15FN2O4S/c1-9-4-6-12(7-5-9)25(23,24)20-14(17(21)22)8-13-10(2)15(18)11(3)19-16(13)20/h4-8H,1-3H3,(H,21,22). The number of benzene rings is 1. The number of carboxylic acid groups (broad SMARTS) is 1. The molecule has 6 nitrogen and oxygen atoms in total. The van der Waals surface area contributed by atoms with Gasteiger partial charge in [-0.05, 0) is 44.5 Å². The minimum Gasteiger partial charge on any atom is -0.477 e. The zero-order chi connectivity index (χ0) is 18.5. The van der Waals surface area contributed by atoms with E-state index in [9.17, 15) is 22.7 Å². The van der Waals surface area contributed by atoms with E-state index >= 15 is 0 Å². The predicted molar refractivity (Wildman–Crippen MR) is 89.9 cm³/mol. The third kappa shape index (κ3) is 2.58. The van der Waals surface area contributed by atoms with E-state index in [1.165, 1.54) is 26.0 Å². The summed E-state index contributed by atoms with van der Waals surface area (Å²) in [5.74, 6) is -2.03. The summed E-state index contributed by atoms with van der Waals surface area (Å²) in [7, 11) is -4.21. The molecule has 0 bridgehead atoms. The van der Waals surface area contributed by atoms with Crippen molar-refractivity contribution in [1.82, 2.24) is 8.96 Å². The van der Waals surface area contributed by atoms with Crippen molar-refractivity contribution in [2.24, 2.45) is 0 Å². The van der Waals surface area contributed by atoms with Crippen LogP contribution in [-0.4, -0.2) is 28.5 Å². The van der Waals surface area contributed by atoms with E-state index in [1.807, 2.05) is 0 Å². The lowest BCUT2D eigenvalue weighted by atomic mass is 10.1. The summed E-state index contributed by atoms with van der Waals surface area (Å²) in [4.78, 5) is 15.5. The molecule has 0 aliphatic carbocycles. The van der Waals surface area contributed by atoms with Crippen molar-refractivity contribution >= 4 is 27.0 Å². The molecular formula is C17H15FN2O4S. The molecule has 25 heavy (non-hydrogen) atoms. The van der Waals surface area contributed by atoms with Crippen molar-refractivity contribution in [3.63, 3.8) is 0 Å². The van der Waals surface area contributed by atoms with Crippen LogP contribution in [0.5, 0.6) is 0 Å². The first-order chi connectivity index (χ1) is 11.6. The Bertz CT molecular complexity index is 1120. The SMILES string of the molecule is Cc1ccc(S(=O)(=O)n2c(C(=O)O)cc3c(C)c(F)c(C)nc32)cc1. The maximum atomic E-state index is 14.1. The highest BCUT2D eigenvalue weighted by Gasteiger charge is 2.28. The summed E-state index contributed by atoms with van der Waals surface area (Å²) in [6, 6.07) is 7.15. The van der Waals surface area contributed by atoms with E-state index in [1.54, 1.807) is 19.1 Å². The molecule has 1 aromatic carbocycles. The van der Waals surface area contributed by atoms with Gasteiger partial charge in [-0.1, -0.05) is 17.7 Å². The second kappa shape index (κ2) is 5.66. The largest absolute Gasteiger partial charge is 0.477 e. The molecule has 0 unspecified atom stereocenters. The predicted octanol–water partition coefficient (Wildman–Crippen LogP) is 3.04. The molecule has 2 heterocycles. The number of aromatic nitrogens is 2. The molecule has 0 radical (unpaired) electrons. The molecule has 0 atom stereocenters. The Labute approximate surface area is 143 Å². The third-order valence-electron chi connectivity index (χ3n) is 4.04. The lowest BCUT2D eigenvalue weighted by Crippen LogP contribution is -2.19. The van der Waals surface area contributed by atoms with E-state index in [4.69, 9.17) is 0 Å². The molecule has 0 fully saturated rings. The number of carbonyl (C=O) groups is 1. The van der Waals surface area contributed by atoms with Gasteiger partial charge in [0.2, 0.25) is 0 Å². The molecule has 3 rings (SSSR count). The Morgan fingerprint density at radius 2 is 1.76 bits per heavy atom. The van der Waals surface area contributed by atoms with Crippen molar-refractivity contribution in [3.8, 4) is 0 Å². The molecule has 8 heteroatoms. The minimum atomic E-state index is -4.21. The van der Waals surface area contributed by atoms with Crippen LogP contribution in [0.15, 0.2) is 35.2 Å². The van der Waals surface area contributed by atoms with Gasteiger partial charge < -0.3 is 5.11 Å². The van der Waals surface area contributed by atoms with Crippen molar-refractivity contribution in [2.75, 3.05) is 0 Å². The fraction of sp³-hybridized carbons (Fsp3) is 0.176. The van der Waals surface area contributed by atoms with Crippen molar-refractivity contribution in [2.45, 2.75) is 25.7 Å². The van der Waals surface area contributed by atoms with Crippen LogP contribution in [0.3, 0.4) is 0 Å². The first-order valence-electron chi connectivity index (χ1n) is 7.38. The molecule has 0 spiro atoms. The number of carboxylic acids is 1. The van der Waals surface area contributed by atoms with Gasteiger partial charge in [-0.15, -0.1) is 0 Å². The summed E-state index contributed by atoms with van der Waals surface area (Å²) in [5, 5.41) is 9.59. The Morgan fingerprint density at radius 1 is 1.16 bits per heavy atom. The van der Waals surface area contributed by atoms with Crippen LogP contribution in [-0.2, 0) is 10.0 Å². The molecule has 0 amide bonds. The summed E-state index contributed by atoms with van der Waals surface area (Å²) in [5.41, 5.74) is 0.426. The summed E-state index contributed by atoms with van der Waals surface area (Å²) in [6.07, 6.45) is 0. The first-order valence-corrected chi connectivity index (χ1v) is 8.82. The summed E-state index contributed by atoms with van der Waals surface area (Å²) < 4.78 is 40.8. The molecule has 130 valence electrons. The normalized spacial score (nSPS) is 11.8. The maximum Gasteiger partial charge on any atom is 0.353 e. The van der Waals surface area contributed by atoms with Gasteiger partial charge in [0.15, 0.2) is 5.65 Å². The molecule has 0 aliphatic heterocycles. The molecule has 3 aromatic rings. The number of hydrogen-bond acceptors (Lipinski definition) is 4. The first kappa shape index (κ1) is 17.1. The number of halogens is 1.